The van der Waals surface area contributed by atoms with Gasteiger partial charge in [-0.1, -0.05) is 11.6 Å². The van der Waals surface area contributed by atoms with Gasteiger partial charge in [-0.15, -0.1) is 0 Å². The third-order valence-corrected chi connectivity index (χ3v) is 3.14. The number of rotatable bonds is 5. The summed E-state index contributed by atoms with van der Waals surface area (Å²) in [4.78, 5) is 8.03. The van der Waals surface area contributed by atoms with Crippen molar-refractivity contribution >= 4 is 35.5 Å². The first-order valence-corrected chi connectivity index (χ1v) is 6.57. The Kier molecular flexibility index (Phi) is 4.84. The van der Waals surface area contributed by atoms with Crippen LogP contribution in [0.3, 0.4) is 0 Å². The van der Waals surface area contributed by atoms with Crippen molar-refractivity contribution < 1.29 is 9.47 Å². The van der Waals surface area contributed by atoms with Crippen LogP contribution in [0.1, 0.15) is 0 Å². The fourth-order valence-electron chi connectivity index (χ4n) is 1.66. The van der Waals surface area contributed by atoms with Crippen LogP contribution in [0, 0.1) is 5.41 Å². The number of aliphatic imine (C=N–C) groups is 1. The predicted octanol–water partition coefficient (Wildman–Crippen LogP) is 1.72. The minimum absolute atomic E-state index is 0.214. The van der Waals surface area contributed by atoms with Crippen LogP contribution in [0.2, 0.25) is 5.02 Å². The van der Waals surface area contributed by atoms with E-state index in [4.69, 9.17) is 32.2 Å². The van der Waals surface area contributed by atoms with Crippen LogP contribution in [0.4, 0.5) is 11.5 Å². The Morgan fingerprint density at radius 1 is 1.55 bits per heavy atom. The number of nitrogens with zero attached hydrogens (tertiary/aromatic N) is 2. The van der Waals surface area contributed by atoms with Crippen LogP contribution in [0.15, 0.2) is 34.7 Å². The number of methoxy groups -OCH3 is 1. The topological polar surface area (TPSA) is 118 Å². The minimum atomic E-state index is 0.214. The highest BCUT2D eigenvalue weighted by molar-refractivity contribution is 6.35. The molecule has 0 atom stereocenters. The van der Waals surface area contributed by atoms with E-state index in [-0.39, 0.29) is 22.3 Å². The van der Waals surface area contributed by atoms with Crippen LogP contribution in [-0.2, 0) is 4.74 Å². The summed E-state index contributed by atoms with van der Waals surface area (Å²) >= 11 is 6.21. The van der Waals surface area contributed by atoms with Gasteiger partial charge in [0.25, 0.3) is 0 Å². The molecule has 0 radical (unpaired) electrons. The molecule has 0 saturated heterocycles. The van der Waals surface area contributed by atoms with Crippen LogP contribution < -0.4 is 21.1 Å². The van der Waals surface area contributed by atoms with Crippen LogP contribution in [0.25, 0.3) is 0 Å². The number of anilines is 2. The van der Waals surface area contributed by atoms with Crippen molar-refractivity contribution in [3.05, 3.63) is 34.8 Å². The van der Waals surface area contributed by atoms with Gasteiger partial charge in [-0.25, -0.2) is 9.98 Å². The van der Waals surface area contributed by atoms with E-state index in [1.807, 2.05) is 0 Å². The maximum Gasteiger partial charge on any atom is 0.229 e. The molecule has 0 bridgehead atoms. The number of pyridine rings is 1. The number of hydrogen-bond acceptors (Lipinski definition) is 8. The third-order valence-electron chi connectivity index (χ3n) is 2.76. The second-order valence-electron chi connectivity index (χ2n) is 4.06. The van der Waals surface area contributed by atoms with E-state index in [2.05, 4.69) is 20.6 Å². The molecule has 5 N–H and O–H groups in total. The first-order chi connectivity index (χ1) is 10.6. The van der Waals surface area contributed by atoms with Crippen molar-refractivity contribution in [3.8, 4) is 5.75 Å². The lowest BCUT2D eigenvalue weighted by Gasteiger charge is -2.15. The molecule has 116 valence electrons. The number of allylic oxidation sites excluding steroid dienone is 2. The first-order valence-electron chi connectivity index (χ1n) is 6.19. The number of aromatic nitrogens is 1. The van der Waals surface area contributed by atoms with Gasteiger partial charge in [-0.2, -0.15) is 0 Å². The van der Waals surface area contributed by atoms with E-state index in [1.165, 1.54) is 19.5 Å². The number of halogens is 1. The first kappa shape index (κ1) is 15.6. The Labute approximate surface area is 132 Å². The van der Waals surface area contributed by atoms with Crippen molar-refractivity contribution in [2.75, 3.05) is 25.2 Å². The molecule has 22 heavy (non-hydrogen) atoms. The molecule has 0 spiro atoms. The number of nitrogens with two attached hydrogens (primary N) is 1. The van der Waals surface area contributed by atoms with Gasteiger partial charge in [0.1, 0.15) is 16.5 Å². The van der Waals surface area contributed by atoms with Crippen molar-refractivity contribution in [1.29, 1.82) is 5.41 Å². The summed E-state index contributed by atoms with van der Waals surface area (Å²) in [6.45, 7) is 0. The van der Waals surface area contributed by atoms with Gasteiger partial charge in [0.05, 0.1) is 37.6 Å². The molecular weight excluding hydrogens is 308 g/mol. The van der Waals surface area contributed by atoms with Gasteiger partial charge in [0.2, 0.25) is 5.88 Å². The molecule has 2 heterocycles. The van der Waals surface area contributed by atoms with E-state index in [0.29, 0.717) is 17.3 Å². The predicted molar refractivity (Wildman–Crippen MR) is 86.4 cm³/mol. The lowest BCUT2D eigenvalue weighted by Crippen LogP contribution is -2.18. The standard InChI is InChI=1S/C13H15ClN6O2/c1-17-12-11(14)9(5-20-13(12)16)22-8(3-15)7-4-19-10(21-2)6-18-7/h3-6,15,17-18H,1-2H3,(H2,16,20)/b8-7+,15-3?. The van der Waals surface area contributed by atoms with Crippen molar-refractivity contribution in [2.45, 2.75) is 0 Å². The number of nitrogen functional groups attached to an aromatic ring is 1. The van der Waals surface area contributed by atoms with Gasteiger partial charge in [0.15, 0.2) is 11.5 Å². The Bertz CT molecular complexity index is 683. The fraction of sp³-hybridized carbons (Fsp3) is 0.154. The van der Waals surface area contributed by atoms with E-state index in [9.17, 15) is 0 Å². The molecule has 8 nitrogen and oxygen atoms in total. The largest absolute Gasteiger partial charge is 0.480 e. The molecule has 1 aliphatic rings. The van der Waals surface area contributed by atoms with Crippen molar-refractivity contribution in [1.82, 2.24) is 10.3 Å². The molecule has 0 aliphatic carbocycles. The quantitative estimate of drug-likeness (QED) is 0.484. The summed E-state index contributed by atoms with van der Waals surface area (Å²) in [5, 5.41) is 13.5. The summed E-state index contributed by atoms with van der Waals surface area (Å²) in [7, 11) is 3.18. The van der Waals surface area contributed by atoms with Crippen LogP contribution >= 0.6 is 11.6 Å². The molecule has 2 rings (SSSR count). The molecule has 0 fully saturated rings. The highest BCUT2D eigenvalue weighted by Gasteiger charge is 2.15. The Balaban J connectivity index is 2.31. The van der Waals surface area contributed by atoms with E-state index >= 15 is 0 Å². The molecule has 0 saturated carbocycles. The summed E-state index contributed by atoms with van der Waals surface area (Å²) in [5.41, 5.74) is 6.65. The van der Waals surface area contributed by atoms with Gasteiger partial charge in [-0.3, -0.25) is 0 Å². The van der Waals surface area contributed by atoms with Gasteiger partial charge < -0.3 is 31.3 Å². The smallest absolute Gasteiger partial charge is 0.229 e. The van der Waals surface area contributed by atoms with Crippen LogP contribution in [-0.4, -0.2) is 31.6 Å². The monoisotopic (exact) mass is 322 g/mol. The highest BCUT2D eigenvalue weighted by Crippen LogP contribution is 2.35. The maximum atomic E-state index is 7.49. The molecular formula is C13H15ClN6O2. The zero-order valence-corrected chi connectivity index (χ0v) is 12.7. The minimum Gasteiger partial charge on any atom is -0.480 e. The molecule has 1 aromatic rings. The van der Waals surface area contributed by atoms with Gasteiger partial charge in [-0.05, 0) is 0 Å². The molecule has 0 unspecified atom stereocenters. The maximum absolute atomic E-state index is 7.49. The molecule has 1 aliphatic heterocycles. The van der Waals surface area contributed by atoms with E-state index < -0.39 is 0 Å². The number of ether oxygens (including phenoxy) is 2. The SMILES string of the molecule is CNc1c(N)ncc(O/C(C=N)=C2\C=NC(OC)=CN2)c1Cl. The molecule has 0 aromatic carbocycles. The Morgan fingerprint density at radius 2 is 2.32 bits per heavy atom. The summed E-state index contributed by atoms with van der Waals surface area (Å²) in [6, 6.07) is 0. The zero-order valence-electron chi connectivity index (χ0n) is 12.0. The van der Waals surface area contributed by atoms with Gasteiger partial charge in [0, 0.05) is 7.05 Å². The Morgan fingerprint density at radius 3 is 2.86 bits per heavy atom. The average molecular weight is 323 g/mol. The fourth-order valence-corrected chi connectivity index (χ4v) is 1.94. The number of hydrogen-bond donors (Lipinski definition) is 4. The van der Waals surface area contributed by atoms with Gasteiger partial charge >= 0.3 is 0 Å². The van der Waals surface area contributed by atoms with E-state index in [0.717, 1.165) is 6.21 Å². The average Bonchev–Trinajstić information content (AvgIpc) is 2.55. The second-order valence-corrected chi connectivity index (χ2v) is 4.44. The van der Waals surface area contributed by atoms with E-state index in [1.54, 1.807) is 13.2 Å². The zero-order chi connectivity index (χ0) is 16.1. The second kappa shape index (κ2) is 6.81. The van der Waals surface area contributed by atoms with Crippen molar-refractivity contribution in [2.24, 2.45) is 4.99 Å². The van der Waals surface area contributed by atoms with Crippen LogP contribution in [0.5, 0.6) is 5.75 Å². The van der Waals surface area contributed by atoms with Crippen molar-refractivity contribution in [3.63, 3.8) is 0 Å². The molecule has 0 amide bonds. The molecule has 1 aromatic heterocycles. The third kappa shape index (κ3) is 3.12. The summed E-state index contributed by atoms with van der Waals surface area (Å²) < 4.78 is 10.6. The normalized spacial score (nSPS) is 15.5. The summed E-state index contributed by atoms with van der Waals surface area (Å²) in [5.74, 6) is 1.15. The molecule has 9 heteroatoms. The highest BCUT2D eigenvalue weighted by atomic mass is 35.5. The summed E-state index contributed by atoms with van der Waals surface area (Å²) in [6.07, 6.45) is 5.45. The number of nitrogens with one attached hydrogen (secondary N) is 3. The Hall–Kier alpha value is -2.74. The lowest BCUT2D eigenvalue weighted by molar-refractivity contribution is 0.285. The lowest BCUT2D eigenvalue weighted by atomic mass is 10.3.